The van der Waals surface area contributed by atoms with Gasteiger partial charge in [-0.3, -0.25) is 4.79 Å². The molecule has 2 nitrogen and oxygen atoms in total. The highest BCUT2D eigenvalue weighted by Crippen LogP contribution is 2.77. The molecule has 4 atom stereocenters. The molecule has 3 fully saturated rings. The van der Waals surface area contributed by atoms with Gasteiger partial charge in [-0.05, 0) is 61.9 Å². The quantitative estimate of drug-likeness (QED) is 0.647. The van der Waals surface area contributed by atoms with Crippen LogP contribution in [0.4, 0.5) is 0 Å². The van der Waals surface area contributed by atoms with E-state index in [4.69, 9.17) is 4.74 Å². The molecule has 0 aromatic heterocycles. The SMILES string of the molecule is CC(=O)OC1=C2CCCC[C@@H]2[C@H]2CC[C@@H]3C[C@@]132. The Balaban J connectivity index is 1.78. The number of carbonyl (C=O) groups excluding carboxylic acids is 1. The van der Waals surface area contributed by atoms with Crippen LogP contribution in [0.15, 0.2) is 11.3 Å². The summed E-state index contributed by atoms with van der Waals surface area (Å²) in [6, 6.07) is 0. The average molecular weight is 232 g/mol. The smallest absolute Gasteiger partial charge is 0.307 e. The first kappa shape index (κ1) is 10.2. The molecule has 92 valence electrons. The number of carbonyl (C=O) groups is 1. The molecule has 2 heteroatoms. The van der Waals surface area contributed by atoms with Crippen LogP contribution in [0.25, 0.3) is 0 Å². The maximum absolute atomic E-state index is 11.4. The summed E-state index contributed by atoms with van der Waals surface area (Å²) in [5, 5.41) is 0. The number of rotatable bonds is 1. The number of esters is 1. The normalized spacial score (nSPS) is 46.3. The lowest BCUT2D eigenvalue weighted by Gasteiger charge is -2.26. The lowest BCUT2D eigenvalue weighted by atomic mass is 9.77. The fraction of sp³-hybridized carbons (Fsp3) is 0.800. The summed E-state index contributed by atoms with van der Waals surface area (Å²) in [5.74, 6) is 3.49. The zero-order valence-corrected chi connectivity index (χ0v) is 10.5. The summed E-state index contributed by atoms with van der Waals surface area (Å²) in [7, 11) is 0. The third-order valence-corrected chi connectivity index (χ3v) is 5.75. The van der Waals surface area contributed by atoms with Gasteiger partial charge in [-0.15, -0.1) is 0 Å². The Bertz CT molecular complexity index is 423. The van der Waals surface area contributed by atoms with Crippen molar-refractivity contribution in [3.63, 3.8) is 0 Å². The molecule has 4 rings (SSSR count). The van der Waals surface area contributed by atoms with Gasteiger partial charge in [0.1, 0.15) is 5.76 Å². The molecule has 0 amide bonds. The summed E-state index contributed by atoms with van der Waals surface area (Å²) >= 11 is 0. The molecule has 0 N–H and O–H groups in total. The monoisotopic (exact) mass is 232 g/mol. The molecule has 3 saturated carbocycles. The first-order valence-electron chi connectivity index (χ1n) is 7.15. The molecule has 0 aliphatic heterocycles. The number of ether oxygens (including phenoxy) is 1. The van der Waals surface area contributed by atoms with E-state index < -0.39 is 0 Å². The molecule has 0 aromatic carbocycles. The van der Waals surface area contributed by atoms with E-state index in [2.05, 4.69) is 0 Å². The van der Waals surface area contributed by atoms with Gasteiger partial charge in [-0.25, -0.2) is 0 Å². The van der Waals surface area contributed by atoms with Gasteiger partial charge in [0.25, 0.3) is 0 Å². The first-order chi connectivity index (χ1) is 8.23. The minimum atomic E-state index is -0.107. The average Bonchev–Trinajstić information content (AvgIpc) is 2.82. The summed E-state index contributed by atoms with van der Waals surface area (Å²) in [5.41, 5.74) is 1.88. The number of hydrogen-bond acceptors (Lipinski definition) is 2. The largest absolute Gasteiger partial charge is 0.431 e. The van der Waals surface area contributed by atoms with Crippen molar-refractivity contribution in [1.82, 2.24) is 0 Å². The van der Waals surface area contributed by atoms with Crippen LogP contribution in [-0.4, -0.2) is 5.97 Å². The molecule has 4 aliphatic rings. The van der Waals surface area contributed by atoms with Crippen LogP contribution in [0, 0.1) is 23.2 Å². The Morgan fingerprint density at radius 3 is 2.94 bits per heavy atom. The number of allylic oxidation sites excluding steroid dienone is 2. The molecule has 0 heterocycles. The first-order valence-corrected chi connectivity index (χ1v) is 7.15. The Kier molecular flexibility index (Phi) is 1.88. The van der Waals surface area contributed by atoms with Crippen molar-refractivity contribution in [2.45, 2.75) is 51.9 Å². The predicted molar refractivity (Wildman–Crippen MR) is 64.0 cm³/mol. The fourth-order valence-electron chi connectivity index (χ4n) is 5.18. The van der Waals surface area contributed by atoms with Crippen LogP contribution < -0.4 is 0 Å². The van der Waals surface area contributed by atoms with E-state index in [9.17, 15) is 4.79 Å². The lowest BCUT2D eigenvalue weighted by molar-refractivity contribution is -0.138. The van der Waals surface area contributed by atoms with E-state index in [-0.39, 0.29) is 5.97 Å². The van der Waals surface area contributed by atoms with Crippen LogP contribution in [0.3, 0.4) is 0 Å². The van der Waals surface area contributed by atoms with Gasteiger partial charge in [0.15, 0.2) is 0 Å². The van der Waals surface area contributed by atoms with Crippen molar-refractivity contribution in [2.75, 3.05) is 0 Å². The van der Waals surface area contributed by atoms with Crippen molar-refractivity contribution in [1.29, 1.82) is 0 Å². The minimum absolute atomic E-state index is 0.107. The standard InChI is InChI=1S/C15H20O2/c1-9(16)17-14-12-5-3-2-4-11(12)13-7-6-10-8-15(10,13)14/h10-11,13H,2-8H2,1H3/t10-,11+,13-,15-/m1/s1. The second-order valence-corrected chi connectivity index (χ2v) is 6.43. The van der Waals surface area contributed by atoms with Crippen LogP contribution in [0.5, 0.6) is 0 Å². The molecule has 0 bridgehead atoms. The maximum atomic E-state index is 11.4. The van der Waals surface area contributed by atoms with Gasteiger partial charge in [-0.1, -0.05) is 6.42 Å². The van der Waals surface area contributed by atoms with Gasteiger partial charge >= 0.3 is 5.97 Å². The van der Waals surface area contributed by atoms with Gasteiger partial charge < -0.3 is 4.74 Å². The summed E-state index contributed by atoms with van der Waals surface area (Å²) in [4.78, 5) is 11.4. The highest BCUT2D eigenvalue weighted by molar-refractivity contribution is 5.68. The number of hydrogen-bond donors (Lipinski definition) is 0. The predicted octanol–water partition coefficient (Wildman–Crippen LogP) is 3.42. The van der Waals surface area contributed by atoms with E-state index in [1.165, 1.54) is 44.9 Å². The molecule has 17 heavy (non-hydrogen) atoms. The Morgan fingerprint density at radius 1 is 1.29 bits per heavy atom. The second kappa shape index (κ2) is 3.15. The van der Waals surface area contributed by atoms with Crippen molar-refractivity contribution >= 4 is 5.97 Å². The summed E-state index contributed by atoms with van der Waals surface area (Å²) < 4.78 is 5.68. The topological polar surface area (TPSA) is 26.3 Å². The minimum Gasteiger partial charge on any atom is -0.431 e. The molecule has 0 saturated heterocycles. The highest BCUT2D eigenvalue weighted by atomic mass is 16.5. The van der Waals surface area contributed by atoms with Crippen LogP contribution in [0.1, 0.15) is 51.9 Å². The third kappa shape index (κ3) is 1.14. The summed E-state index contributed by atoms with van der Waals surface area (Å²) in [6.07, 6.45) is 9.27. The highest BCUT2D eigenvalue weighted by Gasteiger charge is 2.71. The summed E-state index contributed by atoms with van der Waals surface area (Å²) in [6.45, 7) is 1.56. The van der Waals surface area contributed by atoms with E-state index in [0.717, 1.165) is 23.5 Å². The maximum Gasteiger partial charge on any atom is 0.307 e. The second-order valence-electron chi connectivity index (χ2n) is 6.43. The van der Waals surface area contributed by atoms with E-state index in [0.29, 0.717) is 5.41 Å². The van der Waals surface area contributed by atoms with Crippen LogP contribution in [0.2, 0.25) is 0 Å². The molecule has 1 spiro atoms. The molecule has 4 aliphatic carbocycles. The van der Waals surface area contributed by atoms with Crippen LogP contribution in [-0.2, 0) is 9.53 Å². The Labute approximate surface area is 102 Å². The van der Waals surface area contributed by atoms with Gasteiger partial charge in [-0.2, -0.15) is 0 Å². The number of fused-ring (bicyclic) bond motifs is 2. The molecule has 0 aromatic rings. The van der Waals surface area contributed by atoms with Gasteiger partial charge in [0.2, 0.25) is 0 Å². The van der Waals surface area contributed by atoms with E-state index in [1.54, 1.807) is 12.5 Å². The molecule has 0 radical (unpaired) electrons. The van der Waals surface area contributed by atoms with E-state index in [1.807, 2.05) is 0 Å². The zero-order valence-electron chi connectivity index (χ0n) is 10.5. The van der Waals surface area contributed by atoms with Gasteiger partial charge in [0, 0.05) is 12.3 Å². The van der Waals surface area contributed by atoms with E-state index >= 15 is 0 Å². The Morgan fingerprint density at radius 2 is 2.18 bits per heavy atom. The van der Waals surface area contributed by atoms with Crippen molar-refractivity contribution in [3.8, 4) is 0 Å². The fourth-order valence-corrected chi connectivity index (χ4v) is 5.18. The van der Waals surface area contributed by atoms with Gasteiger partial charge in [0.05, 0.1) is 0 Å². The van der Waals surface area contributed by atoms with Crippen molar-refractivity contribution < 1.29 is 9.53 Å². The molecular formula is C15H20O2. The zero-order chi connectivity index (χ0) is 11.6. The third-order valence-electron chi connectivity index (χ3n) is 5.75. The van der Waals surface area contributed by atoms with Crippen molar-refractivity contribution in [2.24, 2.45) is 23.2 Å². The van der Waals surface area contributed by atoms with Crippen LogP contribution >= 0.6 is 0 Å². The lowest BCUT2D eigenvalue weighted by Crippen LogP contribution is -2.19. The Hall–Kier alpha value is -0.790. The van der Waals surface area contributed by atoms with Crippen molar-refractivity contribution in [3.05, 3.63) is 11.3 Å². The molecule has 0 unspecified atom stereocenters. The molecular weight excluding hydrogens is 212 g/mol.